The van der Waals surface area contributed by atoms with Gasteiger partial charge in [0.25, 0.3) is 0 Å². The number of carbonyl (C=O) groups excluding carboxylic acids is 1. The molecule has 16 heavy (non-hydrogen) atoms. The van der Waals surface area contributed by atoms with Crippen LogP contribution in [0.2, 0.25) is 0 Å². The molecule has 1 N–H and O–H groups in total. The van der Waals surface area contributed by atoms with Gasteiger partial charge in [-0.25, -0.2) is 4.98 Å². The first-order valence-electron chi connectivity index (χ1n) is 5.52. The Morgan fingerprint density at radius 1 is 1.50 bits per heavy atom. The van der Waals surface area contributed by atoms with E-state index in [1.165, 1.54) is 0 Å². The van der Waals surface area contributed by atoms with Crippen LogP contribution >= 0.6 is 0 Å². The number of carbonyl (C=O) groups is 1. The summed E-state index contributed by atoms with van der Waals surface area (Å²) < 4.78 is 0. The molecule has 0 aliphatic carbocycles. The van der Waals surface area contributed by atoms with Gasteiger partial charge in [-0.1, -0.05) is 6.92 Å². The summed E-state index contributed by atoms with van der Waals surface area (Å²) in [5.41, 5.74) is 1.07. The highest BCUT2D eigenvalue weighted by molar-refractivity contribution is 5.75. The molecule has 0 unspecified atom stereocenters. The zero-order valence-corrected chi connectivity index (χ0v) is 10.2. The van der Waals surface area contributed by atoms with Gasteiger partial charge in [-0.3, -0.25) is 4.79 Å². The standard InChI is InChI=1S/C12H19N3O/c1-4-5-12(16)14-9-10-6-7-13-11(8-10)15(2)3/h6-8H,4-5,9H2,1-3H3,(H,14,16). The third kappa shape index (κ3) is 3.88. The molecule has 88 valence electrons. The zero-order valence-electron chi connectivity index (χ0n) is 10.2. The van der Waals surface area contributed by atoms with E-state index in [-0.39, 0.29) is 5.91 Å². The highest BCUT2D eigenvalue weighted by atomic mass is 16.1. The van der Waals surface area contributed by atoms with E-state index >= 15 is 0 Å². The Bertz CT molecular complexity index is 350. The molecule has 0 saturated heterocycles. The molecule has 0 spiro atoms. The van der Waals surface area contributed by atoms with Crippen molar-refractivity contribution in [3.05, 3.63) is 23.9 Å². The van der Waals surface area contributed by atoms with Crippen molar-refractivity contribution in [1.29, 1.82) is 0 Å². The second-order valence-corrected chi connectivity index (χ2v) is 3.94. The van der Waals surface area contributed by atoms with Crippen LogP contribution in [0.3, 0.4) is 0 Å². The van der Waals surface area contributed by atoms with Gasteiger partial charge in [0.15, 0.2) is 0 Å². The molecule has 0 bridgehead atoms. The van der Waals surface area contributed by atoms with E-state index in [9.17, 15) is 4.79 Å². The molecule has 0 fully saturated rings. The Labute approximate surface area is 96.7 Å². The summed E-state index contributed by atoms with van der Waals surface area (Å²) in [6.07, 6.45) is 3.23. The summed E-state index contributed by atoms with van der Waals surface area (Å²) >= 11 is 0. The van der Waals surface area contributed by atoms with E-state index < -0.39 is 0 Å². The maximum absolute atomic E-state index is 11.3. The molecule has 0 aliphatic rings. The van der Waals surface area contributed by atoms with Gasteiger partial charge < -0.3 is 10.2 Å². The molecule has 1 amide bonds. The summed E-state index contributed by atoms with van der Waals surface area (Å²) in [6, 6.07) is 3.89. The van der Waals surface area contributed by atoms with E-state index in [1.54, 1.807) is 6.20 Å². The van der Waals surface area contributed by atoms with Crippen LogP contribution in [0.4, 0.5) is 5.82 Å². The summed E-state index contributed by atoms with van der Waals surface area (Å²) in [5.74, 6) is 1.01. The number of nitrogens with one attached hydrogen (secondary N) is 1. The molecule has 1 aromatic rings. The summed E-state index contributed by atoms with van der Waals surface area (Å²) in [5, 5.41) is 2.88. The van der Waals surface area contributed by atoms with Crippen LogP contribution in [0, 0.1) is 0 Å². The van der Waals surface area contributed by atoms with E-state index in [1.807, 2.05) is 38.1 Å². The number of anilines is 1. The minimum Gasteiger partial charge on any atom is -0.363 e. The monoisotopic (exact) mass is 221 g/mol. The number of hydrogen-bond acceptors (Lipinski definition) is 3. The van der Waals surface area contributed by atoms with Crippen LogP contribution in [0.25, 0.3) is 0 Å². The third-order valence-electron chi connectivity index (χ3n) is 2.23. The molecule has 0 aromatic carbocycles. The van der Waals surface area contributed by atoms with Crippen molar-refractivity contribution in [2.24, 2.45) is 0 Å². The van der Waals surface area contributed by atoms with Crippen LogP contribution in [-0.4, -0.2) is 25.0 Å². The fraction of sp³-hybridized carbons (Fsp3) is 0.500. The Morgan fingerprint density at radius 3 is 2.88 bits per heavy atom. The lowest BCUT2D eigenvalue weighted by Crippen LogP contribution is -2.22. The molecular formula is C12H19N3O. The second kappa shape index (κ2) is 6.10. The highest BCUT2D eigenvalue weighted by Gasteiger charge is 2.01. The first kappa shape index (κ1) is 12.5. The van der Waals surface area contributed by atoms with Gasteiger partial charge in [0.2, 0.25) is 5.91 Å². The fourth-order valence-electron chi connectivity index (χ4n) is 1.33. The first-order chi connectivity index (χ1) is 7.63. The predicted molar refractivity (Wildman–Crippen MR) is 65.3 cm³/mol. The van der Waals surface area contributed by atoms with Crippen molar-refractivity contribution in [1.82, 2.24) is 10.3 Å². The Hall–Kier alpha value is -1.58. The maximum Gasteiger partial charge on any atom is 0.220 e. The Morgan fingerprint density at radius 2 is 2.25 bits per heavy atom. The van der Waals surface area contributed by atoms with Gasteiger partial charge in [-0.2, -0.15) is 0 Å². The maximum atomic E-state index is 11.3. The number of rotatable bonds is 5. The molecule has 0 atom stereocenters. The molecular weight excluding hydrogens is 202 g/mol. The van der Waals surface area contributed by atoms with Crippen molar-refractivity contribution < 1.29 is 4.79 Å². The molecule has 4 heteroatoms. The molecule has 1 rings (SSSR count). The number of hydrogen-bond donors (Lipinski definition) is 1. The van der Waals surface area contributed by atoms with Crippen LogP contribution in [0.15, 0.2) is 18.3 Å². The number of pyridine rings is 1. The van der Waals surface area contributed by atoms with Gasteiger partial charge in [0.05, 0.1) is 0 Å². The lowest BCUT2D eigenvalue weighted by atomic mass is 10.2. The van der Waals surface area contributed by atoms with Crippen LogP contribution in [0.1, 0.15) is 25.3 Å². The Balaban J connectivity index is 2.54. The third-order valence-corrected chi connectivity index (χ3v) is 2.23. The van der Waals surface area contributed by atoms with Gasteiger partial charge in [-0.05, 0) is 24.1 Å². The largest absolute Gasteiger partial charge is 0.363 e. The van der Waals surface area contributed by atoms with Gasteiger partial charge in [0, 0.05) is 33.3 Å². The number of aromatic nitrogens is 1. The lowest BCUT2D eigenvalue weighted by molar-refractivity contribution is -0.121. The minimum absolute atomic E-state index is 0.103. The minimum atomic E-state index is 0.103. The molecule has 0 saturated carbocycles. The molecule has 1 aromatic heterocycles. The number of amides is 1. The van der Waals surface area contributed by atoms with Crippen molar-refractivity contribution in [2.45, 2.75) is 26.3 Å². The topological polar surface area (TPSA) is 45.2 Å². The van der Waals surface area contributed by atoms with E-state index in [0.717, 1.165) is 17.8 Å². The van der Waals surface area contributed by atoms with Crippen molar-refractivity contribution in [2.75, 3.05) is 19.0 Å². The van der Waals surface area contributed by atoms with Crippen LogP contribution in [0.5, 0.6) is 0 Å². The van der Waals surface area contributed by atoms with Crippen molar-refractivity contribution >= 4 is 11.7 Å². The van der Waals surface area contributed by atoms with E-state index in [4.69, 9.17) is 0 Å². The lowest BCUT2D eigenvalue weighted by Gasteiger charge is -2.12. The summed E-state index contributed by atoms with van der Waals surface area (Å²) in [6.45, 7) is 2.57. The normalized spacial score (nSPS) is 9.94. The smallest absolute Gasteiger partial charge is 0.220 e. The second-order valence-electron chi connectivity index (χ2n) is 3.94. The van der Waals surface area contributed by atoms with Crippen LogP contribution in [-0.2, 0) is 11.3 Å². The Kier molecular flexibility index (Phi) is 4.76. The fourth-order valence-corrected chi connectivity index (χ4v) is 1.33. The summed E-state index contributed by atoms with van der Waals surface area (Å²) in [7, 11) is 3.89. The van der Waals surface area contributed by atoms with E-state index in [2.05, 4.69) is 10.3 Å². The van der Waals surface area contributed by atoms with Gasteiger partial charge in [0.1, 0.15) is 5.82 Å². The average molecular weight is 221 g/mol. The zero-order chi connectivity index (χ0) is 12.0. The molecule has 0 aliphatic heterocycles. The quantitative estimate of drug-likeness (QED) is 0.820. The van der Waals surface area contributed by atoms with Crippen LogP contribution < -0.4 is 10.2 Å². The first-order valence-corrected chi connectivity index (χ1v) is 5.52. The highest BCUT2D eigenvalue weighted by Crippen LogP contribution is 2.09. The summed E-state index contributed by atoms with van der Waals surface area (Å²) in [4.78, 5) is 17.5. The predicted octanol–water partition coefficient (Wildman–Crippen LogP) is 1.56. The van der Waals surface area contributed by atoms with Gasteiger partial charge >= 0.3 is 0 Å². The molecule has 1 heterocycles. The molecule has 0 radical (unpaired) electrons. The average Bonchev–Trinajstić information content (AvgIpc) is 2.27. The van der Waals surface area contributed by atoms with E-state index in [0.29, 0.717) is 13.0 Å². The van der Waals surface area contributed by atoms with Crippen molar-refractivity contribution in [3.8, 4) is 0 Å². The molecule has 4 nitrogen and oxygen atoms in total. The van der Waals surface area contributed by atoms with Gasteiger partial charge in [-0.15, -0.1) is 0 Å². The number of nitrogens with zero attached hydrogens (tertiary/aromatic N) is 2. The van der Waals surface area contributed by atoms with Crippen molar-refractivity contribution in [3.63, 3.8) is 0 Å². The SMILES string of the molecule is CCCC(=O)NCc1ccnc(N(C)C)c1.